The number of carbonyl (C=O) groups excluding carboxylic acids is 1. The Morgan fingerprint density at radius 2 is 1.81 bits per heavy atom. The molecule has 1 aliphatic heterocycles. The quantitative estimate of drug-likeness (QED) is 0.862. The fourth-order valence-electron chi connectivity index (χ4n) is 3.65. The minimum atomic E-state index is -0.504. The van der Waals surface area contributed by atoms with E-state index in [1.807, 2.05) is 43.9 Å². The Hall–Kier alpha value is -2.33. The van der Waals surface area contributed by atoms with Crippen molar-refractivity contribution in [2.75, 3.05) is 6.54 Å². The van der Waals surface area contributed by atoms with Gasteiger partial charge in [0, 0.05) is 12.6 Å². The zero-order valence-electron chi connectivity index (χ0n) is 16.5. The number of nitrogens with zero attached hydrogens (tertiary/aromatic N) is 1. The highest BCUT2D eigenvalue weighted by Crippen LogP contribution is 2.25. The lowest BCUT2D eigenvalue weighted by Crippen LogP contribution is -2.56. The van der Waals surface area contributed by atoms with Crippen molar-refractivity contribution < 1.29 is 9.53 Å². The van der Waals surface area contributed by atoms with E-state index in [1.54, 1.807) is 0 Å². The normalized spacial score (nSPS) is 20.4. The van der Waals surface area contributed by atoms with Crippen LogP contribution in [0.4, 0.5) is 4.79 Å². The van der Waals surface area contributed by atoms with Gasteiger partial charge in [-0.05, 0) is 56.7 Å². The summed E-state index contributed by atoms with van der Waals surface area (Å²) in [6.07, 6.45) is 2.33. The molecule has 1 amide bonds. The van der Waals surface area contributed by atoms with Crippen LogP contribution >= 0.6 is 0 Å². The van der Waals surface area contributed by atoms with Gasteiger partial charge < -0.3 is 15.4 Å². The van der Waals surface area contributed by atoms with Gasteiger partial charge in [-0.3, -0.25) is 0 Å². The highest BCUT2D eigenvalue weighted by Gasteiger charge is 2.34. The van der Waals surface area contributed by atoms with Crippen molar-refractivity contribution in [3.05, 3.63) is 60.2 Å². The Kier molecular flexibility index (Phi) is 5.85. The molecule has 27 heavy (non-hydrogen) atoms. The predicted molar refractivity (Wildman–Crippen MR) is 110 cm³/mol. The van der Waals surface area contributed by atoms with Crippen molar-refractivity contribution in [3.8, 4) is 11.1 Å². The van der Waals surface area contributed by atoms with Gasteiger partial charge in [-0.25, -0.2) is 4.79 Å². The van der Waals surface area contributed by atoms with E-state index in [4.69, 9.17) is 10.5 Å². The second-order valence-electron chi connectivity index (χ2n) is 8.32. The van der Waals surface area contributed by atoms with Crippen LogP contribution in [0.15, 0.2) is 54.6 Å². The molecule has 0 aromatic heterocycles. The van der Waals surface area contributed by atoms with Crippen LogP contribution < -0.4 is 5.73 Å². The summed E-state index contributed by atoms with van der Waals surface area (Å²) in [6, 6.07) is 18.8. The molecular weight excluding hydrogens is 336 g/mol. The molecule has 2 atom stereocenters. The summed E-state index contributed by atoms with van der Waals surface area (Å²) in [5.41, 5.74) is 9.47. The molecule has 0 saturated carbocycles. The number of piperidine rings is 1. The second kappa shape index (κ2) is 8.13. The largest absolute Gasteiger partial charge is 0.444 e. The molecule has 2 unspecified atom stereocenters. The van der Waals surface area contributed by atoms with Crippen molar-refractivity contribution in [2.45, 2.75) is 57.7 Å². The third kappa shape index (κ3) is 5.10. The first-order valence-electron chi connectivity index (χ1n) is 9.73. The topological polar surface area (TPSA) is 55.6 Å². The van der Waals surface area contributed by atoms with Crippen molar-refractivity contribution in [1.82, 2.24) is 4.90 Å². The smallest absolute Gasteiger partial charge is 0.410 e. The standard InChI is InChI=1S/C23H30N2O2/c1-23(2,3)27-22(26)25-14-8-13-20(24)21(25)16-17-9-7-12-19(15-17)18-10-5-4-6-11-18/h4-7,9-12,15,20-21H,8,13-14,16,24H2,1-3H3. The molecule has 4 heteroatoms. The maximum absolute atomic E-state index is 12.7. The molecular formula is C23H30N2O2. The molecule has 0 aliphatic carbocycles. The summed E-state index contributed by atoms with van der Waals surface area (Å²) in [7, 11) is 0. The number of hydrogen-bond donors (Lipinski definition) is 1. The zero-order chi connectivity index (χ0) is 19.4. The number of benzene rings is 2. The van der Waals surface area contributed by atoms with Gasteiger partial charge in [-0.1, -0.05) is 54.6 Å². The van der Waals surface area contributed by atoms with Crippen LogP contribution in [-0.2, 0) is 11.2 Å². The molecule has 2 aromatic carbocycles. The first-order chi connectivity index (χ1) is 12.8. The van der Waals surface area contributed by atoms with Crippen LogP contribution in [0.3, 0.4) is 0 Å². The molecule has 0 bridgehead atoms. The Bertz CT molecular complexity index is 767. The van der Waals surface area contributed by atoms with Gasteiger partial charge in [-0.2, -0.15) is 0 Å². The summed E-state index contributed by atoms with van der Waals surface area (Å²) in [5.74, 6) is 0. The average molecular weight is 367 g/mol. The minimum Gasteiger partial charge on any atom is -0.444 e. The Labute approximate surface area is 162 Å². The number of hydrogen-bond acceptors (Lipinski definition) is 3. The van der Waals surface area contributed by atoms with Gasteiger partial charge in [0.05, 0.1) is 6.04 Å². The van der Waals surface area contributed by atoms with Crippen LogP contribution in [0.2, 0.25) is 0 Å². The minimum absolute atomic E-state index is 0.0355. The van der Waals surface area contributed by atoms with E-state index in [2.05, 4.69) is 36.4 Å². The van der Waals surface area contributed by atoms with Crippen molar-refractivity contribution in [2.24, 2.45) is 5.73 Å². The van der Waals surface area contributed by atoms with Gasteiger partial charge in [-0.15, -0.1) is 0 Å². The molecule has 2 N–H and O–H groups in total. The first kappa shape index (κ1) is 19.4. The average Bonchev–Trinajstić information content (AvgIpc) is 2.63. The molecule has 0 spiro atoms. The van der Waals surface area contributed by atoms with E-state index >= 15 is 0 Å². The summed E-state index contributed by atoms with van der Waals surface area (Å²) >= 11 is 0. The summed E-state index contributed by atoms with van der Waals surface area (Å²) in [4.78, 5) is 14.5. The van der Waals surface area contributed by atoms with Crippen LogP contribution in [0.5, 0.6) is 0 Å². The number of likely N-dealkylation sites (tertiary alicyclic amines) is 1. The molecule has 1 aliphatic rings. The Morgan fingerprint density at radius 3 is 2.52 bits per heavy atom. The number of amides is 1. The monoisotopic (exact) mass is 366 g/mol. The van der Waals surface area contributed by atoms with E-state index in [0.717, 1.165) is 19.3 Å². The number of nitrogens with two attached hydrogens (primary N) is 1. The van der Waals surface area contributed by atoms with Crippen LogP contribution in [0.25, 0.3) is 11.1 Å². The number of carbonyl (C=O) groups is 1. The molecule has 1 saturated heterocycles. The third-order valence-corrected chi connectivity index (χ3v) is 4.94. The van der Waals surface area contributed by atoms with E-state index < -0.39 is 5.60 Å². The second-order valence-corrected chi connectivity index (χ2v) is 8.32. The van der Waals surface area contributed by atoms with E-state index in [1.165, 1.54) is 16.7 Å². The van der Waals surface area contributed by atoms with Gasteiger partial charge >= 0.3 is 6.09 Å². The lowest BCUT2D eigenvalue weighted by Gasteiger charge is -2.40. The van der Waals surface area contributed by atoms with E-state index in [-0.39, 0.29) is 18.2 Å². The van der Waals surface area contributed by atoms with E-state index in [9.17, 15) is 4.79 Å². The summed E-state index contributed by atoms with van der Waals surface area (Å²) in [5, 5.41) is 0. The fourth-order valence-corrected chi connectivity index (χ4v) is 3.65. The number of ether oxygens (including phenoxy) is 1. The van der Waals surface area contributed by atoms with Crippen LogP contribution in [-0.4, -0.2) is 35.2 Å². The molecule has 2 aromatic rings. The summed E-state index contributed by atoms with van der Waals surface area (Å²) in [6.45, 7) is 6.39. The summed E-state index contributed by atoms with van der Waals surface area (Å²) < 4.78 is 5.62. The lowest BCUT2D eigenvalue weighted by atomic mass is 9.90. The van der Waals surface area contributed by atoms with Crippen molar-refractivity contribution >= 4 is 6.09 Å². The maximum Gasteiger partial charge on any atom is 0.410 e. The Balaban J connectivity index is 1.80. The van der Waals surface area contributed by atoms with Gasteiger partial charge in [0.2, 0.25) is 0 Å². The van der Waals surface area contributed by atoms with Crippen LogP contribution in [0, 0.1) is 0 Å². The van der Waals surface area contributed by atoms with Gasteiger partial charge in [0.25, 0.3) is 0 Å². The van der Waals surface area contributed by atoms with Gasteiger partial charge in [0.1, 0.15) is 5.60 Å². The zero-order valence-corrected chi connectivity index (χ0v) is 16.5. The molecule has 1 heterocycles. The molecule has 3 rings (SSSR count). The highest BCUT2D eigenvalue weighted by atomic mass is 16.6. The lowest BCUT2D eigenvalue weighted by molar-refractivity contribution is 0.00695. The molecule has 1 fully saturated rings. The third-order valence-electron chi connectivity index (χ3n) is 4.94. The van der Waals surface area contributed by atoms with Crippen molar-refractivity contribution in [1.29, 1.82) is 0 Å². The molecule has 144 valence electrons. The Morgan fingerprint density at radius 1 is 1.11 bits per heavy atom. The van der Waals surface area contributed by atoms with Gasteiger partial charge in [0.15, 0.2) is 0 Å². The number of rotatable bonds is 3. The highest BCUT2D eigenvalue weighted by molar-refractivity contribution is 5.69. The first-order valence-corrected chi connectivity index (χ1v) is 9.73. The maximum atomic E-state index is 12.7. The molecule has 0 radical (unpaired) electrons. The molecule has 4 nitrogen and oxygen atoms in total. The fraction of sp³-hybridized carbons (Fsp3) is 0.435. The van der Waals surface area contributed by atoms with Crippen molar-refractivity contribution in [3.63, 3.8) is 0 Å². The van der Waals surface area contributed by atoms with E-state index in [0.29, 0.717) is 6.54 Å². The predicted octanol–water partition coefficient (Wildman–Crippen LogP) is 4.62. The SMILES string of the molecule is CC(C)(C)OC(=O)N1CCCC(N)C1Cc1cccc(-c2ccccc2)c1. The van der Waals surface area contributed by atoms with Crippen LogP contribution in [0.1, 0.15) is 39.2 Å².